The first-order valence-corrected chi connectivity index (χ1v) is 8.92. The van der Waals surface area contributed by atoms with E-state index in [9.17, 15) is 0 Å². The number of aryl methyl sites for hydroxylation is 1. The number of likely N-dealkylation sites (N-methyl/N-ethyl adjacent to an activating group) is 1. The maximum atomic E-state index is 4.89. The van der Waals surface area contributed by atoms with Crippen LogP contribution in [0.5, 0.6) is 0 Å². The molecule has 1 aliphatic heterocycles. The lowest BCUT2D eigenvalue weighted by Gasteiger charge is -2.32. The molecule has 0 amide bonds. The van der Waals surface area contributed by atoms with Crippen molar-refractivity contribution in [3.8, 4) is 11.1 Å². The summed E-state index contributed by atoms with van der Waals surface area (Å²) in [5.74, 6) is 0. The Morgan fingerprint density at radius 2 is 1.61 bits per heavy atom. The van der Waals surface area contributed by atoms with E-state index in [2.05, 4.69) is 66.2 Å². The zero-order valence-electron chi connectivity index (χ0n) is 13.6. The van der Waals surface area contributed by atoms with Crippen molar-refractivity contribution >= 4 is 26.7 Å². The van der Waals surface area contributed by atoms with Crippen LogP contribution in [0.25, 0.3) is 21.3 Å². The predicted molar refractivity (Wildman–Crippen MR) is 99.5 cm³/mol. The number of hydrogen-bond acceptors (Lipinski definition) is 4. The van der Waals surface area contributed by atoms with Gasteiger partial charge in [-0.1, -0.05) is 47.2 Å². The Kier molecular flexibility index (Phi) is 3.79. The van der Waals surface area contributed by atoms with Crippen molar-refractivity contribution < 1.29 is 0 Å². The van der Waals surface area contributed by atoms with Crippen LogP contribution < -0.4 is 4.90 Å². The molecule has 0 bridgehead atoms. The third kappa shape index (κ3) is 2.96. The summed E-state index contributed by atoms with van der Waals surface area (Å²) in [6, 6.07) is 15.3. The van der Waals surface area contributed by atoms with Crippen LogP contribution in [0.2, 0.25) is 0 Å². The minimum absolute atomic E-state index is 1.07. The molecule has 2 heterocycles. The highest BCUT2D eigenvalue weighted by molar-refractivity contribution is 7.22. The maximum Gasteiger partial charge on any atom is 0.186 e. The molecule has 4 rings (SSSR count). The van der Waals surface area contributed by atoms with Crippen molar-refractivity contribution in [3.63, 3.8) is 0 Å². The zero-order chi connectivity index (χ0) is 15.8. The molecule has 0 N–H and O–H groups in total. The summed E-state index contributed by atoms with van der Waals surface area (Å²) in [5.41, 5.74) is 4.90. The van der Waals surface area contributed by atoms with Gasteiger partial charge in [-0.2, -0.15) is 0 Å². The van der Waals surface area contributed by atoms with E-state index in [0.29, 0.717) is 0 Å². The molecule has 3 aromatic rings. The van der Waals surface area contributed by atoms with E-state index in [-0.39, 0.29) is 0 Å². The Balaban J connectivity index is 1.65. The summed E-state index contributed by atoms with van der Waals surface area (Å²) in [5, 5.41) is 1.16. The van der Waals surface area contributed by atoms with Gasteiger partial charge in [-0.3, -0.25) is 0 Å². The molecule has 0 unspecified atom stereocenters. The number of fused-ring (bicyclic) bond motifs is 1. The van der Waals surface area contributed by atoms with Gasteiger partial charge in [0.15, 0.2) is 5.13 Å². The molecule has 0 aliphatic carbocycles. The van der Waals surface area contributed by atoms with Crippen molar-refractivity contribution in [1.82, 2.24) is 9.88 Å². The molecular weight excluding hydrogens is 302 g/mol. The molecule has 1 fully saturated rings. The van der Waals surface area contributed by atoms with Crippen LogP contribution in [-0.2, 0) is 0 Å². The Hall–Kier alpha value is -1.91. The number of piperazine rings is 1. The Morgan fingerprint density at radius 1 is 0.913 bits per heavy atom. The molecule has 0 saturated carbocycles. The van der Waals surface area contributed by atoms with E-state index >= 15 is 0 Å². The van der Waals surface area contributed by atoms with Crippen molar-refractivity contribution in [1.29, 1.82) is 0 Å². The second kappa shape index (κ2) is 5.95. The average molecular weight is 323 g/mol. The number of rotatable bonds is 2. The van der Waals surface area contributed by atoms with Crippen molar-refractivity contribution in [3.05, 3.63) is 48.0 Å². The maximum absolute atomic E-state index is 4.89. The minimum Gasteiger partial charge on any atom is -0.345 e. The van der Waals surface area contributed by atoms with Gasteiger partial charge >= 0.3 is 0 Å². The van der Waals surface area contributed by atoms with Gasteiger partial charge in [0, 0.05) is 26.2 Å². The van der Waals surface area contributed by atoms with E-state index in [1.54, 1.807) is 0 Å². The third-order valence-electron chi connectivity index (χ3n) is 4.53. The van der Waals surface area contributed by atoms with Gasteiger partial charge in [0.2, 0.25) is 0 Å². The number of hydrogen-bond donors (Lipinski definition) is 0. The van der Waals surface area contributed by atoms with Crippen molar-refractivity contribution in [2.75, 3.05) is 38.1 Å². The van der Waals surface area contributed by atoms with E-state index in [1.807, 2.05) is 11.3 Å². The molecule has 23 heavy (non-hydrogen) atoms. The van der Waals surface area contributed by atoms with Crippen LogP contribution in [0.3, 0.4) is 0 Å². The Morgan fingerprint density at radius 3 is 2.35 bits per heavy atom. The van der Waals surface area contributed by atoms with E-state index < -0.39 is 0 Å². The Bertz CT molecular complexity index is 814. The normalized spacial score (nSPS) is 16.2. The van der Waals surface area contributed by atoms with Crippen LogP contribution in [0, 0.1) is 6.92 Å². The largest absolute Gasteiger partial charge is 0.345 e. The van der Waals surface area contributed by atoms with Crippen molar-refractivity contribution in [2.45, 2.75) is 6.92 Å². The minimum atomic E-state index is 1.07. The second-order valence-corrected chi connectivity index (χ2v) is 7.34. The topological polar surface area (TPSA) is 19.4 Å². The molecule has 1 saturated heterocycles. The van der Waals surface area contributed by atoms with Crippen LogP contribution in [0.15, 0.2) is 42.5 Å². The van der Waals surface area contributed by atoms with Crippen LogP contribution in [0.4, 0.5) is 5.13 Å². The monoisotopic (exact) mass is 323 g/mol. The standard InChI is InChI=1S/C19H21N3S/c1-14-3-5-15(6-4-14)16-7-8-18-17(13-16)20-19(23-18)22-11-9-21(2)10-12-22/h3-8,13H,9-12H2,1-2H3. The highest BCUT2D eigenvalue weighted by Crippen LogP contribution is 2.32. The SMILES string of the molecule is Cc1ccc(-c2ccc3sc(N4CCN(C)CC4)nc3c2)cc1. The number of anilines is 1. The first-order chi connectivity index (χ1) is 11.2. The molecule has 1 aromatic heterocycles. The van der Waals surface area contributed by atoms with Gasteiger partial charge in [0.05, 0.1) is 10.2 Å². The average Bonchev–Trinajstić information content (AvgIpc) is 2.99. The summed E-state index contributed by atoms with van der Waals surface area (Å²) in [4.78, 5) is 9.68. The van der Waals surface area contributed by atoms with Gasteiger partial charge < -0.3 is 9.80 Å². The molecule has 3 nitrogen and oxygen atoms in total. The molecule has 0 spiro atoms. The lowest BCUT2D eigenvalue weighted by molar-refractivity contribution is 0.313. The third-order valence-corrected chi connectivity index (χ3v) is 5.63. The molecule has 4 heteroatoms. The fraction of sp³-hybridized carbons (Fsp3) is 0.316. The number of benzene rings is 2. The van der Waals surface area contributed by atoms with E-state index in [4.69, 9.17) is 4.98 Å². The fourth-order valence-corrected chi connectivity index (χ4v) is 3.97. The second-order valence-electron chi connectivity index (χ2n) is 6.34. The van der Waals surface area contributed by atoms with Crippen LogP contribution in [-0.4, -0.2) is 43.1 Å². The fourth-order valence-electron chi connectivity index (χ4n) is 2.97. The first kappa shape index (κ1) is 14.7. The molecule has 118 valence electrons. The van der Waals surface area contributed by atoms with Gasteiger partial charge in [0.1, 0.15) is 0 Å². The zero-order valence-corrected chi connectivity index (χ0v) is 14.4. The summed E-state index contributed by atoms with van der Waals surface area (Å²) in [6.07, 6.45) is 0. The van der Waals surface area contributed by atoms with Gasteiger partial charge in [-0.15, -0.1) is 0 Å². The van der Waals surface area contributed by atoms with Crippen LogP contribution >= 0.6 is 11.3 Å². The molecule has 0 radical (unpaired) electrons. The first-order valence-electron chi connectivity index (χ1n) is 8.10. The summed E-state index contributed by atoms with van der Waals surface area (Å²) >= 11 is 1.81. The quantitative estimate of drug-likeness (QED) is 0.710. The highest BCUT2D eigenvalue weighted by Gasteiger charge is 2.17. The van der Waals surface area contributed by atoms with Gasteiger partial charge in [-0.25, -0.2) is 4.98 Å². The molecule has 0 atom stereocenters. The Labute approximate surface area is 141 Å². The summed E-state index contributed by atoms with van der Waals surface area (Å²) < 4.78 is 1.27. The van der Waals surface area contributed by atoms with Gasteiger partial charge in [-0.05, 0) is 37.2 Å². The molecular formula is C19H21N3S. The highest BCUT2D eigenvalue weighted by atomic mass is 32.1. The van der Waals surface area contributed by atoms with E-state index in [1.165, 1.54) is 21.4 Å². The number of thiazole rings is 1. The van der Waals surface area contributed by atoms with E-state index in [0.717, 1.165) is 36.8 Å². The lowest BCUT2D eigenvalue weighted by Crippen LogP contribution is -2.44. The number of aromatic nitrogens is 1. The molecule has 1 aliphatic rings. The number of nitrogens with zero attached hydrogens (tertiary/aromatic N) is 3. The predicted octanol–water partition coefficient (Wildman–Crippen LogP) is 4.02. The van der Waals surface area contributed by atoms with Crippen molar-refractivity contribution in [2.24, 2.45) is 0 Å². The summed E-state index contributed by atoms with van der Waals surface area (Å²) in [7, 11) is 2.18. The molecule has 2 aromatic carbocycles. The summed E-state index contributed by atoms with van der Waals surface area (Å²) in [6.45, 7) is 6.49. The lowest BCUT2D eigenvalue weighted by atomic mass is 10.0. The van der Waals surface area contributed by atoms with Gasteiger partial charge in [0.25, 0.3) is 0 Å². The van der Waals surface area contributed by atoms with Crippen LogP contribution in [0.1, 0.15) is 5.56 Å². The smallest absolute Gasteiger partial charge is 0.186 e.